The van der Waals surface area contributed by atoms with Crippen LogP contribution in [-0.2, 0) is 11.3 Å². The van der Waals surface area contributed by atoms with Gasteiger partial charge in [-0.3, -0.25) is 14.5 Å². The van der Waals surface area contributed by atoms with Crippen molar-refractivity contribution in [3.05, 3.63) is 57.8 Å². The maximum Gasteiger partial charge on any atom is 0.263 e. The highest BCUT2D eigenvalue weighted by Gasteiger charge is 2.37. The quantitative estimate of drug-likeness (QED) is 0.818. The lowest BCUT2D eigenvalue weighted by Crippen LogP contribution is -2.56. The first-order valence-electron chi connectivity index (χ1n) is 9.54. The fraction of sp³-hybridized carbons (Fsp3) is 0.429. The van der Waals surface area contributed by atoms with Gasteiger partial charge in [0.1, 0.15) is 0 Å². The van der Waals surface area contributed by atoms with Crippen molar-refractivity contribution in [2.24, 2.45) is 0 Å². The van der Waals surface area contributed by atoms with Crippen LogP contribution in [0, 0.1) is 6.92 Å². The van der Waals surface area contributed by atoms with Gasteiger partial charge in [-0.05, 0) is 31.0 Å². The van der Waals surface area contributed by atoms with Crippen LogP contribution in [0.15, 0.2) is 42.5 Å². The minimum absolute atomic E-state index is 0.0986. The molecular weight excluding hydrogens is 358 g/mol. The number of hydrogen-bond acceptors (Lipinski definition) is 4. The normalized spacial score (nSPS) is 21.1. The molecule has 1 aromatic heterocycles. The third kappa shape index (κ3) is 3.92. The van der Waals surface area contributed by atoms with E-state index in [1.54, 1.807) is 11.3 Å². The van der Waals surface area contributed by atoms with Crippen molar-refractivity contribution >= 4 is 23.2 Å². The minimum Gasteiger partial charge on any atom is -0.337 e. The molecular formula is C21H25N3O2S. The Balaban J connectivity index is 1.42. The molecule has 2 aliphatic rings. The number of amides is 2. The lowest BCUT2D eigenvalue weighted by Gasteiger charge is -2.39. The van der Waals surface area contributed by atoms with Crippen molar-refractivity contribution in [1.82, 2.24) is 14.7 Å². The summed E-state index contributed by atoms with van der Waals surface area (Å²) in [6.07, 6.45) is 0.709. The van der Waals surface area contributed by atoms with Gasteiger partial charge >= 0.3 is 0 Å². The van der Waals surface area contributed by atoms with E-state index in [0.29, 0.717) is 26.1 Å². The molecule has 5 nitrogen and oxygen atoms in total. The fourth-order valence-corrected chi connectivity index (χ4v) is 4.80. The van der Waals surface area contributed by atoms with Gasteiger partial charge < -0.3 is 9.80 Å². The number of nitrogens with zero attached hydrogens (tertiary/aromatic N) is 3. The molecule has 1 aromatic carbocycles. The highest BCUT2D eigenvalue weighted by atomic mass is 32.1. The van der Waals surface area contributed by atoms with Crippen molar-refractivity contribution in [2.45, 2.75) is 25.9 Å². The van der Waals surface area contributed by atoms with Crippen molar-refractivity contribution < 1.29 is 9.59 Å². The number of aryl methyl sites for hydroxylation is 1. The zero-order valence-electron chi connectivity index (χ0n) is 15.6. The summed E-state index contributed by atoms with van der Waals surface area (Å²) in [5, 5.41) is 0. The summed E-state index contributed by atoms with van der Waals surface area (Å²) < 4.78 is 0. The molecule has 142 valence electrons. The third-order valence-corrected chi connectivity index (χ3v) is 6.47. The average molecular weight is 384 g/mol. The van der Waals surface area contributed by atoms with Crippen molar-refractivity contribution in [1.29, 1.82) is 0 Å². The highest BCUT2D eigenvalue weighted by molar-refractivity contribution is 7.13. The third-order valence-electron chi connectivity index (χ3n) is 5.48. The SMILES string of the molecule is Cc1ccc(C(=O)N2CCC3C(=O)N(Cc4ccccc4)CCN3CC2)s1. The molecule has 2 aliphatic heterocycles. The van der Waals surface area contributed by atoms with E-state index in [1.807, 2.05) is 47.1 Å². The fourth-order valence-electron chi connectivity index (χ4n) is 3.96. The number of fused-ring (bicyclic) bond motifs is 1. The maximum atomic E-state index is 13.0. The molecule has 1 unspecified atom stereocenters. The van der Waals surface area contributed by atoms with E-state index >= 15 is 0 Å². The van der Waals surface area contributed by atoms with Gasteiger partial charge in [0, 0.05) is 44.1 Å². The number of thiophene rings is 1. The van der Waals surface area contributed by atoms with Crippen LogP contribution in [0.3, 0.4) is 0 Å². The van der Waals surface area contributed by atoms with Crippen molar-refractivity contribution in [3.8, 4) is 0 Å². The molecule has 1 atom stereocenters. The monoisotopic (exact) mass is 383 g/mol. The summed E-state index contributed by atoms with van der Waals surface area (Å²) in [6, 6.07) is 13.9. The summed E-state index contributed by atoms with van der Waals surface area (Å²) in [6.45, 7) is 6.42. The van der Waals surface area contributed by atoms with Gasteiger partial charge in [-0.25, -0.2) is 0 Å². The van der Waals surface area contributed by atoms with E-state index in [-0.39, 0.29) is 17.9 Å². The Kier molecular flexibility index (Phi) is 5.27. The van der Waals surface area contributed by atoms with Crippen LogP contribution in [0.4, 0.5) is 0 Å². The zero-order valence-corrected chi connectivity index (χ0v) is 16.5. The van der Waals surface area contributed by atoms with Crippen LogP contribution < -0.4 is 0 Å². The van der Waals surface area contributed by atoms with Crippen LogP contribution in [0.5, 0.6) is 0 Å². The second-order valence-corrected chi connectivity index (χ2v) is 8.58. The maximum absolute atomic E-state index is 13.0. The molecule has 4 rings (SSSR count). The Morgan fingerprint density at radius 3 is 2.56 bits per heavy atom. The molecule has 6 heteroatoms. The molecule has 2 fully saturated rings. The molecule has 0 spiro atoms. The largest absolute Gasteiger partial charge is 0.337 e. The van der Waals surface area contributed by atoms with Crippen LogP contribution in [0.1, 0.15) is 26.5 Å². The minimum atomic E-state index is -0.106. The summed E-state index contributed by atoms with van der Waals surface area (Å²) >= 11 is 1.54. The average Bonchev–Trinajstić information content (AvgIpc) is 2.99. The molecule has 3 heterocycles. The molecule has 2 aromatic rings. The lowest BCUT2D eigenvalue weighted by atomic mass is 10.1. The van der Waals surface area contributed by atoms with Crippen LogP contribution >= 0.6 is 11.3 Å². The van der Waals surface area contributed by atoms with Gasteiger partial charge in [0.15, 0.2) is 0 Å². The van der Waals surface area contributed by atoms with E-state index in [9.17, 15) is 9.59 Å². The van der Waals surface area contributed by atoms with Crippen LogP contribution in [0.2, 0.25) is 0 Å². The summed E-state index contributed by atoms with van der Waals surface area (Å²) in [5.41, 5.74) is 1.16. The Morgan fingerprint density at radius 1 is 1.04 bits per heavy atom. The van der Waals surface area contributed by atoms with Gasteiger partial charge in [0.05, 0.1) is 10.9 Å². The van der Waals surface area contributed by atoms with Gasteiger partial charge in [-0.1, -0.05) is 30.3 Å². The molecule has 0 saturated carbocycles. The van der Waals surface area contributed by atoms with E-state index in [0.717, 1.165) is 35.0 Å². The second kappa shape index (κ2) is 7.82. The Morgan fingerprint density at radius 2 is 1.81 bits per heavy atom. The van der Waals surface area contributed by atoms with Gasteiger partial charge in [-0.15, -0.1) is 11.3 Å². The van der Waals surface area contributed by atoms with Crippen LogP contribution in [0.25, 0.3) is 0 Å². The topological polar surface area (TPSA) is 43.9 Å². The predicted octanol–water partition coefficient (Wildman–Crippen LogP) is 2.62. The van der Waals surface area contributed by atoms with Gasteiger partial charge in [0.2, 0.25) is 5.91 Å². The molecule has 0 bridgehead atoms. The number of carbonyl (C=O) groups is 2. The number of rotatable bonds is 3. The zero-order chi connectivity index (χ0) is 18.8. The molecule has 0 aliphatic carbocycles. The Hall–Kier alpha value is -2.18. The molecule has 2 amide bonds. The first-order chi connectivity index (χ1) is 13.1. The second-order valence-electron chi connectivity index (χ2n) is 7.29. The lowest BCUT2D eigenvalue weighted by molar-refractivity contribution is -0.142. The summed E-state index contributed by atoms with van der Waals surface area (Å²) in [4.78, 5) is 33.9. The number of carbonyl (C=O) groups excluding carboxylic acids is 2. The number of benzene rings is 1. The van der Waals surface area contributed by atoms with Gasteiger partial charge in [0.25, 0.3) is 5.91 Å². The summed E-state index contributed by atoms with van der Waals surface area (Å²) in [7, 11) is 0. The Labute approximate surface area is 164 Å². The first-order valence-corrected chi connectivity index (χ1v) is 10.4. The molecule has 0 N–H and O–H groups in total. The van der Waals surface area contributed by atoms with Crippen LogP contribution in [-0.4, -0.2) is 65.3 Å². The number of hydrogen-bond donors (Lipinski definition) is 0. The Bertz CT molecular complexity index is 820. The number of piperazine rings is 1. The first kappa shape index (κ1) is 18.2. The van der Waals surface area contributed by atoms with Crippen molar-refractivity contribution in [3.63, 3.8) is 0 Å². The summed E-state index contributed by atoms with van der Waals surface area (Å²) in [5.74, 6) is 0.299. The van der Waals surface area contributed by atoms with E-state index in [2.05, 4.69) is 17.0 Å². The van der Waals surface area contributed by atoms with Crippen molar-refractivity contribution in [2.75, 3.05) is 32.7 Å². The molecule has 27 heavy (non-hydrogen) atoms. The van der Waals surface area contributed by atoms with E-state index in [1.165, 1.54) is 0 Å². The highest BCUT2D eigenvalue weighted by Crippen LogP contribution is 2.22. The smallest absolute Gasteiger partial charge is 0.263 e. The van der Waals surface area contributed by atoms with Gasteiger partial charge in [-0.2, -0.15) is 0 Å². The predicted molar refractivity (Wildman–Crippen MR) is 107 cm³/mol. The van der Waals surface area contributed by atoms with E-state index in [4.69, 9.17) is 0 Å². The van der Waals surface area contributed by atoms with E-state index < -0.39 is 0 Å². The standard InChI is InChI=1S/C21H25N3O2S/c1-16-7-8-19(27-16)21(26)23-10-9-18-20(25)24(14-12-22(18)11-13-23)15-17-5-3-2-4-6-17/h2-8,18H,9-15H2,1H3. The molecule has 0 radical (unpaired) electrons. The molecule has 2 saturated heterocycles.